The topological polar surface area (TPSA) is 85.2 Å². The molecule has 32 heavy (non-hydrogen) atoms. The molecule has 1 heterocycles. The van der Waals surface area contributed by atoms with Crippen LogP contribution in [0.1, 0.15) is 39.0 Å². The molecule has 8 heteroatoms. The fourth-order valence-electron chi connectivity index (χ4n) is 3.02. The van der Waals surface area contributed by atoms with Gasteiger partial charge in [0, 0.05) is 22.2 Å². The summed E-state index contributed by atoms with van der Waals surface area (Å²) >= 11 is 5.90. The standard InChI is InChI=1S/C24H27ClN4O3/c1-5-32-22(30)14-16-7-6-8-19(13-16)29-21(15-20(28-29)24(2,3)4)27-23(31)26-18-11-9-17(25)10-12-18/h6-13,15H,5,14H2,1-4H3,(H2,26,27,31). The number of carbonyl (C=O) groups excluding carboxylic acids is 2. The van der Waals surface area contributed by atoms with Crippen LogP contribution in [0.25, 0.3) is 5.69 Å². The van der Waals surface area contributed by atoms with Crippen LogP contribution < -0.4 is 10.6 Å². The minimum absolute atomic E-state index is 0.162. The molecule has 1 aromatic heterocycles. The summed E-state index contributed by atoms with van der Waals surface area (Å²) in [5.41, 5.74) is 2.73. The average molecular weight is 455 g/mol. The van der Waals surface area contributed by atoms with Crippen LogP contribution in [0.4, 0.5) is 16.3 Å². The third-order valence-electron chi connectivity index (χ3n) is 4.63. The van der Waals surface area contributed by atoms with Gasteiger partial charge in [-0.05, 0) is 48.9 Å². The third-order valence-corrected chi connectivity index (χ3v) is 4.88. The Labute approximate surface area is 192 Å². The molecule has 0 fully saturated rings. The number of nitrogens with one attached hydrogen (secondary N) is 2. The quantitative estimate of drug-likeness (QED) is 0.476. The van der Waals surface area contributed by atoms with E-state index in [-0.39, 0.29) is 17.8 Å². The predicted octanol–water partition coefficient (Wildman–Crippen LogP) is 5.57. The number of hydrogen-bond acceptors (Lipinski definition) is 4. The summed E-state index contributed by atoms with van der Waals surface area (Å²) in [6.45, 7) is 8.26. The fourth-order valence-corrected chi connectivity index (χ4v) is 3.15. The Morgan fingerprint density at radius 1 is 1.06 bits per heavy atom. The lowest BCUT2D eigenvalue weighted by molar-refractivity contribution is -0.142. The van der Waals surface area contributed by atoms with Crippen molar-refractivity contribution in [3.05, 3.63) is 70.9 Å². The zero-order chi connectivity index (χ0) is 23.3. The van der Waals surface area contributed by atoms with Gasteiger partial charge in [0.05, 0.1) is 24.4 Å². The molecule has 168 valence electrons. The number of nitrogens with zero attached hydrogens (tertiary/aromatic N) is 2. The maximum atomic E-state index is 12.6. The molecule has 2 N–H and O–H groups in total. The van der Waals surface area contributed by atoms with Gasteiger partial charge in [-0.2, -0.15) is 5.10 Å². The van der Waals surface area contributed by atoms with Crippen molar-refractivity contribution in [2.24, 2.45) is 0 Å². The van der Waals surface area contributed by atoms with Gasteiger partial charge in [-0.1, -0.05) is 44.5 Å². The summed E-state index contributed by atoms with van der Waals surface area (Å²) in [6.07, 6.45) is 0.162. The van der Waals surface area contributed by atoms with E-state index in [1.54, 1.807) is 35.9 Å². The van der Waals surface area contributed by atoms with Gasteiger partial charge in [0.2, 0.25) is 0 Å². The number of carbonyl (C=O) groups is 2. The molecule has 0 aliphatic heterocycles. The lowest BCUT2D eigenvalue weighted by Crippen LogP contribution is -2.21. The van der Waals surface area contributed by atoms with Gasteiger partial charge in [0.25, 0.3) is 0 Å². The summed E-state index contributed by atoms with van der Waals surface area (Å²) in [5, 5.41) is 11.0. The Morgan fingerprint density at radius 2 is 1.78 bits per heavy atom. The van der Waals surface area contributed by atoms with Crippen LogP contribution in [-0.4, -0.2) is 28.4 Å². The first-order valence-corrected chi connectivity index (χ1v) is 10.7. The van der Waals surface area contributed by atoms with Crippen molar-refractivity contribution < 1.29 is 14.3 Å². The zero-order valence-electron chi connectivity index (χ0n) is 18.6. The number of benzene rings is 2. The summed E-state index contributed by atoms with van der Waals surface area (Å²) in [6, 6.07) is 15.7. The first-order valence-electron chi connectivity index (χ1n) is 10.3. The number of aromatic nitrogens is 2. The molecule has 0 radical (unpaired) electrons. The molecule has 0 bridgehead atoms. The van der Waals surface area contributed by atoms with Crippen molar-refractivity contribution >= 4 is 35.1 Å². The average Bonchev–Trinajstić information content (AvgIpc) is 3.14. The molecule has 0 aliphatic rings. The van der Waals surface area contributed by atoms with Crippen LogP contribution in [0.2, 0.25) is 5.02 Å². The van der Waals surface area contributed by atoms with E-state index < -0.39 is 6.03 Å². The Kier molecular flexibility index (Phi) is 7.20. The molecule has 0 saturated heterocycles. The van der Waals surface area contributed by atoms with Crippen LogP contribution in [-0.2, 0) is 21.4 Å². The highest BCUT2D eigenvalue weighted by Gasteiger charge is 2.22. The Hall–Kier alpha value is -3.32. The van der Waals surface area contributed by atoms with E-state index in [1.165, 1.54) is 0 Å². The first-order chi connectivity index (χ1) is 15.2. The molecule has 7 nitrogen and oxygen atoms in total. The second-order valence-corrected chi connectivity index (χ2v) is 8.75. The minimum atomic E-state index is -0.406. The highest BCUT2D eigenvalue weighted by atomic mass is 35.5. The molecule has 3 rings (SSSR count). The lowest BCUT2D eigenvalue weighted by Gasteiger charge is -2.14. The monoisotopic (exact) mass is 454 g/mol. The van der Waals surface area contributed by atoms with Crippen LogP contribution >= 0.6 is 11.6 Å². The van der Waals surface area contributed by atoms with Crippen LogP contribution in [0.15, 0.2) is 54.6 Å². The smallest absolute Gasteiger partial charge is 0.324 e. The molecule has 3 aromatic rings. The van der Waals surface area contributed by atoms with Crippen molar-refractivity contribution in [3.63, 3.8) is 0 Å². The van der Waals surface area contributed by atoms with Gasteiger partial charge < -0.3 is 10.1 Å². The number of amides is 2. The molecular weight excluding hydrogens is 428 g/mol. The maximum absolute atomic E-state index is 12.6. The van der Waals surface area contributed by atoms with Gasteiger partial charge in [0.1, 0.15) is 5.82 Å². The van der Waals surface area contributed by atoms with Gasteiger partial charge >= 0.3 is 12.0 Å². The Morgan fingerprint density at radius 3 is 2.44 bits per heavy atom. The van der Waals surface area contributed by atoms with Crippen molar-refractivity contribution in [1.82, 2.24) is 9.78 Å². The number of esters is 1. The van der Waals surface area contributed by atoms with E-state index in [4.69, 9.17) is 21.4 Å². The van der Waals surface area contributed by atoms with Crippen molar-refractivity contribution in [1.29, 1.82) is 0 Å². The number of rotatable bonds is 6. The maximum Gasteiger partial charge on any atom is 0.324 e. The van der Waals surface area contributed by atoms with Gasteiger partial charge in [0.15, 0.2) is 0 Å². The molecule has 2 amide bonds. The van der Waals surface area contributed by atoms with E-state index in [0.29, 0.717) is 23.1 Å². The molecular formula is C24H27ClN4O3. The van der Waals surface area contributed by atoms with Crippen LogP contribution in [0.3, 0.4) is 0 Å². The van der Waals surface area contributed by atoms with Crippen molar-refractivity contribution in [3.8, 4) is 5.69 Å². The van der Waals surface area contributed by atoms with Gasteiger partial charge in [-0.3, -0.25) is 10.1 Å². The van der Waals surface area contributed by atoms with E-state index >= 15 is 0 Å². The number of halogens is 1. The van der Waals surface area contributed by atoms with Crippen molar-refractivity contribution in [2.45, 2.75) is 39.5 Å². The number of urea groups is 1. The second kappa shape index (κ2) is 9.87. The number of hydrogen-bond donors (Lipinski definition) is 2. The van der Waals surface area contributed by atoms with E-state index in [2.05, 4.69) is 31.4 Å². The number of anilines is 2. The molecule has 2 aromatic carbocycles. The van der Waals surface area contributed by atoms with Crippen LogP contribution in [0, 0.1) is 0 Å². The zero-order valence-corrected chi connectivity index (χ0v) is 19.4. The molecule has 0 spiro atoms. The predicted molar refractivity (Wildman–Crippen MR) is 127 cm³/mol. The second-order valence-electron chi connectivity index (χ2n) is 8.31. The third kappa shape index (κ3) is 6.11. The summed E-state index contributed by atoms with van der Waals surface area (Å²) in [4.78, 5) is 24.5. The highest BCUT2D eigenvalue weighted by molar-refractivity contribution is 6.30. The van der Waals surface area contributed by atoms with Crippen LogP contribution in [0.5, 0.6) is 0 Å². The first kappa shape index (κ1) is 23.3. The van der Waals surface area contributed by atoms with Gasteiger partial charge in [-0.15, -0.1) is 0 Å². The van der Waals surface area contributed by atoms with E-state index in [9.17, 15) is 9.59 Å². The van der Waals surface area contributed by atoms with Crippen molar-refractivity contribution in [2.75, 3.05) is 17.2 Å². The summed E-state index contributed by atoms with van der Waals surface area (Å²) < 4.78 is 6.71. The number of ether oxygens (including phenoxy) is 1. The fraction of sp³-hybridized carbons (Fsp3) is 0.292. The van der Waals surface area contributed by atoms with E-state index in [0.717, 1.165) is 16.9 Å². The SMILES string of the molecule is CCOC(=O)Cc1cccc(-n2nc(C(C)(C)C)cc2NC(=O)Nc2ccc(Cl)cc2)c1. The molecule has 0 aliphatic carbocycles. The van der Waals surface area contributed by atoms with E-state index in [1.807, 2.05) is 30.3 Å². The normalized spacial score (nSPS) is 11.2. The Balaban J connectivity index is 1.88. The summed E-state index contributed by atoms with van der Waals surface area (Å²) in [5.74, 6) is 0.218. The largest absolute Gasteiger partial charge is 0.466 e. The van der Waals surface area contributed by atoms with Gasteiger partial charge in [-0.25, -0.2) is 9.48 Å². The molecule has 0 unspecified atom stereocenters. The summed E-state index contributed by atoms with van der Waals surface area (Å²) in [7, 11) is 0. The molecule has 0 saturated carbocycles. The molecule has 0 atom stereocenters. The lowest BCUT2D eigenvalue weighted by atomic mass is 9.92. The minimum Gasteiger partial charge on any atom is -0.466 e. The highest BCUT2D eigenvalue weighted by Crippen LogP contribution is 2.27. The Bertz CT molecular complexity index is 1100.